The summed E-state index contributed by atoms with van der Waals surface area (Å²) in [5.74, 6) is -5.75. The van der Waals surface area contributed by atoms with E-state index in [1.54, 1.807) is 40.9 Å². The van der Waals surface area contributed by atoms with Crippen LogP contribution >= 0.6 is 0 Å². The third-order valence-corrected chi connectivity index (χ3v) is 12.7. The van der Waals surface area contributed by atoms with E-state index < -0.39 is 89.2 Å². The number of esters is 1. The lowest BCUT2D eigenvalue weighted by Crippen LogP contribution is -2.62. The number of ether oxygens (including phenoxy) is 5. The van der Waals surface area contributed by atoms with E-state index in [2.05, 4.69) is 10.3 Å². The molecule has 0 saturated carbocycles. The number of fused-ring (bicyclic) bond motifs is 2. The number of nitrogens with zero attached hydrogens (tertiary/aromatic N) is 3. The third-order valence-electron chi connectivity index (χ3n) is 12.7. The first-order valence-corrected chi connectivity index (χ1v) is 20.9. The van der Waals surface area contributed by atoms with E-state index in [-0.39, 0.29) is 37.3 Å². The van der Waals surface area contributed by atoms with Crippen molar-refractivity contribution in [1.29, 1.82) is 0 Å². The van der Waals surface area contributed by atoms with Crippen LogP contribution in [0.2, 0.25) is 0 Å². The molecule has 1 aromatic heterocycles. The molecule has 3 fully saturated rings. The number of para-hydroxylation sites is 2. The van der Waals surface area contributed by atoms with Crippen molar-refractivity contribution in [3.63, 3.8) is 0 Å². The number of ketones is 2. The highest BCUT2D eigenvalue weighted by atomic mass is 19.1. The fraction of sp³-hybridized carbons (Fsp3) is 0.744. The van der Waals surface area contributed by atoms with Crippen molar-refractivity contribution >= 4 is 34.7 Å². The van der Waals surface area contributed by atoms with Crippen LogP contribution in [0.25, 0.3) is 11.0 Å². The quantitative estimate of drug-likeness (QED) is 0.165. The second kappa shape index (κ2) is 18.0. The number of rotatable bonds is 11. The van der Waals surface area contributed by atoms with Gasteiger partial charge in [-0.05, 0) is 71.9 Å². The first kappa shape index (κ1) is 45.6. The van der Waals surface area contributed by atoms with E-state index in [1.807, 2.05) is 49.6 Å². The number of benzene rings is 1. The van der Waals surface area contributed by atoms with Crippen LogP contribution in [-0.2, 0) is 44.6 Å². The predicted molar refractivity (Wildman–Crippen MR) is 213 cm³/mol. The van der Waals surface area contributed by atoms with Crippen molar-refractivity contribution in [3.8, 4) is 0 Å². The molecule has 0 bridgehead atoms. The van der Waals surface area contributed by atoms with Gasteiger partial charge in [0.1, 0.15) is 18.0 Å². The van der Waals surface area contributed by atoms with Gasteiger partial charge in [-0.3, -0.25) is 9.59 Å². The maximum Gasteiger partial charge on any atom is 0.410 e. The zero-order valence-electron chi connectivity index (χ0n) is 36.0. The lowest BCUT2D eigenvalue weighted by molar-refractivity contribution is -0.291. The summed E-state index contributed by atoms with van der Waals surface area (Å²) in [6, 6.07) is 6.52. The maximum atomic E-state index is 16.9. The summed E-state index contributed by atoms with van der Waals surface area (Å²) in [5.41, 5.74) is -4.32. The Morgan fingerprint density at radius 1 is 1.03 bits per heavy atom. The van der Waals surface area contributed by atoms with Crippen LogP contribution in [0.3, 0.4) is 0 Å². The van der Waals surface area contributed by atoms with Crippen LogP contribution in [0.1, 0.15) is 101 Å². The van der Waals surface area contributed by atoms with Crippen LogP contribution in [0.5, 0.6) is 0 Å². The zero-order valence-corrected chi connectivity index (χ0v) is 36.0. The van der Waals surface area contributed by atoms with E-state index >= 15 is 4.39 Å². The molecule has 0 radical (unpaired) electrons. The Bertz CT molecular complexity index is 1790. The van der Waals surface area contributed by atoms with Crippen molar-refractivity contribution in [2.24, 2.45) is 17.8 Å². The minimum absolute atomic E-state index is 0.00273. The Kier molecular flexibility index (Phi) is 14.1. The van der Waals surface area contributed by atoms with Crippen LogP contribution < -0.4 is 5.32 Å². The molecule has 2 N–H and O–H groups in total. The van der Waals surface area contributed by atoms with Gasteiger partial charge in [0, 0.05) is 50.0 Å². The standard InChI is InChI=1S/C43H65FN4O10/c1-12-32-43(10)35(48(40(53)58-43)20-16-15-19-47-23-45-29-17-13-14-18-31(29)47)27(6)33(49)25(4)22-41(8,54-11)37(28(7)36(51)42(9,44)39(52)56-32)57-38-34(50)30(46-24(2)3)21-26(5)55-38/h13-14,17-18,23-28,30,32,34-35,37-38,46,50H,12,15-16,19-22H2,1-11H3/t25-,26-,27+,28+,30+,32-,34+,35?,37-,38+,41-,42+,43-/m1/s1. The van der Waals surface area contributed by atoms with Gasteiger partial charge in [-0.2, -0.15) is 0 Å². The molecule has 5 rings (SSSR count). The molecule has 14 nitrogen and oxygen atoms in total. The molecule has 3 aliphatic heterocycles. The number of unbranched alkanes of at least 4 members (excludes halogenated alkanes) is 1. The molecular formula is C43H65FN4O10. The van der Waals surface area contributed by atoms with Crippen molar-refractivity contribution in [2.45, 2.75) is 174 Å². The summed E-state index contributed by atoms with van der Waals surface area (Å²) in [4.78, 5) is 62.7. The monoisotopic (exact) mass is 816 g/mol. The van der Waals surface area contributed by atoms with Crippen molar-refractivity contribution in [2.75, 3.05) is 13.7 Å². The Balaban J connectivity index is 1.49. The second-order valence-corrected chi connectivity index (χ2v) is 17.6. The van der Waals surface area contributed by atoms with E-state index in [0.29, 0.717) is 25.8 Å². The van der Waals surface area contributed by atoms with Crippen molar-refractivity contribution in [3.05, 3.63) is 30.6 Å². The van der Waals surface area contributed by atoms with E-state index in [4.69, 9.17) is 23.7 Å². The first-order chi connectivity index (χ1) is 27.2. The molecule has 4 heterocycles. The number of nitrogens with one attached hydrogen (secondary N) is 1. The number of aliphatic hydroxyl groups excluding tert-OH is 1. The molecule has 0 spiro atoms. The van der Waals surface area contributed by atoms with Gasteiger partial charge in [0.15, 0.2) is 17.7 Å². The zero-order chi connectivity index (χ0) is 42.9. The number of aryl methyl sites for hydroxylation is 1. The number of imidazole rings is 1. The molecular weight excluding hydrogens is 751 g/mol. The SMILES string of the molecule is CC[C@H]1OC(=O)[C@@](C)(F)C(=O)[C@H](C)[C@@H](O[C@@H]2O[C@H](C)C[C@H](NC(C)C)[C@@H]2O)[C@](C)(OC)C[C@@H](C)C(=O)[C@H](C)C2N(CCCCn3cnc4ccccc43)C(=O)O[C@@]21C. The number of aliphatic hydroxyl groups is 1. The van der Waals surface area contributed by atoms with Gasteiger partial charge >= 0.3 is 12.1 Å². The smallest absolute Gasteiger partial charge is 0.410 e. The maximum absolute atomic E-state index is 16.9. The molecule has 2 aromatic rings. The number of hydrogen-bond acceptors (Lipinski definition) is 12. The summed E-state index contributed by atoms with van der Waals surface area (Å²) >= 11 is 0. The molecule has 3 aliphatic rings. The fourth-order valence-corrected chi connectivity index (χ4v) is 9.57. The van der Waals surface area contributed by atoms with Crippen LogP contribution in [0.15, 0.2) is 30.6 Å². The lowest BCUT2D eigenvalue weighted by atomic mass is 9.73. The van der Waals surface area contributed by atoms with E-state index in [9.17, 15) is 24.3 Å². The summed E-state index contributed by atoms with van der Waals surface area (Å²) in [6.45, 7) is 17.4. The molecule has 1 amide bonds. The number of halogens is 1. The number of carbonyl (C=O) groups is 4. The minimum atomic E-state index is -3.17. The number of methoxy groups -OCH3 is 1. The van der Waals surface area contributed by atoms with Gasteiger partial charge in [-0.15, -0.1) is 0 Å². The van der Waals surface area contributed by atoms with Crippen molar-refractivity contribution in [1.82, 2.24) is 19.8 Å². The van der Waals surface area contributed by atoms with E-state index in [1.165, 1.54) is 18.9 Å². The summed E-state index contributed by atoms with van der Waals surface area (Å²) in [5, 5.41) is 14.8. The highest BCUT2D eigenvalue weighted by molar-refractivity contribution is 6.08. The Morgan fingerprint density at radius 2 is 1.71 bits per heavy atom. The average Bonchev–Trinajstić information content (AvgIpc) is 3.70. The highest BCUT2D eigenvalue weighted by Gasteiger charge is 2.61. The Morgan fingerprint density at radius 3 is 2.36 bits per heavy atom. The molecule has 15 heteroatoms. The Hall–Kier alpha value is -3.50. The van der Waals surface area contributed by atoms with Gasteiger partial charge in [-0.25, -0.2) is 19.0 Å². The number of aromatic nitrogens is 2. The minimum Gasteiger partial charge on any atom is -0.455 e. The predicted octanol–water partition coefficient (Wildman–Crippen LogP) is 5.55. The van der Waals surface area contributed by atoms with Crippen LogP contribution in [-0.4, -0.2) is 123 Å². The van der Waals surface area contributed by atoms with Gasteiger partial charge in [0.25, 0.3) is 5.67 Å². The molecule has 13 atom stereocenters. The van der Waals surface area contributed by atoms with Gasteiger partial charge < -0.3 is 43.6 Å². The van der Waals surface area contributed by atoms with Gasteiger partial charge in [-0.1, -0.05) is 53.7 Å². The number of cyclic esters (lactones) is 1. The number of Topliss-reactive ketones (excluding diaryl/α,β-unsaturated/α-hetero) is 2. The number of carbonyl (C=O) groups excluding carboxylic acids is 4. The fourth-order valence-electron chi connectivity index (χ4n) is 9.57. The largest absolute Gasteiger partial charge is 0.455 e. The first-order valence-electron chi connectivity index (χ1n) is 20.9. The summed E-state index contributed by atoms with van der Waals surface area (Å²) in [6.07, 6.45) is -2.38. The third kappa shape index (κ3) is 8.98. The normalized spacial score (nSPS) is 38.1. The molecule has 324 valence electrons. The molecule has 0 aliphatic carbocycles. The molecule has 1 unspecified atom stereocenters. The Labute approximate surface area is 341 Å². The van der Waals surface area contributed by atoms with Gasteiger partial charge in [0.2, 0.25) is 0 Å². The van der Waals surface area contributed by atoms with Crippen LogP contribution in [0.4, 0.5) is 9.18 Å². The topological polar surface area (TPSA) is 168 Å². The van der Waals surface area contributed by atoms with Gasteiger partial charge in [0.05, 0.1) is 41.2 Å². The summed E-state index contributed by atoms with van der Waals surface area (Å²) in [7, 11) is 1.41. The summed E-state index contributed by atoms with van der Waals surface area (Å²) < 4.78 is 49.6. The molecule has 1 aromatic carbocycles. The van der Waals surface area contributed by atoms with E-state index in [0.717, 1.165) is 18.0 Å². The number of amides is 1. The second-order valence-electron chi connectivity index (χ2n) is 17.6. The molecule has 3 saturated heterocycles. The number of alkyl halides is 1. The molecule has 58 heavy (non-hydrogen) atoms. The average molecular weight is 817 g/mol. The van der Waals surface area contributed by atoms with Crippen LogP contribution in [0, 0.1) is 17.8 Å². The van der Waals surface area contributed by atoms with Crippen molar-refractivity contribution < 1.29 is 52.4 Å². The highest BCUT2D eigenvalue weighted by Crippen LogP contribution is 2.43. The lowest BCUT2D eigenvalue weighted by Gasteiger charge is -2.47. The number of hydrogen-bond donors (Lipinski definition) is 2.